The van der Waals surface area contributed by atoms with Crippen LogP contribution in [0, 0.1) is 17.8 Å². The summed E-state index contributed by atoms with van der Waals surface area (Å²) in [5, 5.41) is 3.00. The summed E-state index contributed by atoms with van der Waals surface area (Å²) in [5.74, 6) is 3.34. The lowest BCUT2D eigenvalue weighted by Crippen LogP contribution is -2.20. The van der Waals surface area contributed by atoms with E-state index in [1.807, 2.05) is 31.2 Å². The topological polar surface area (TPSA) is 38.3 Å². The Morgan fingerprint density at radius 1 is 1.25 bits per heavy atom. The third kappa shape index (κ3) is 2.97. The number of hydrogen-bond donors (Lipinski definition) is 1. The zero-order chi connectivity index (χ0) is 13.9. The Bertz CT molecular complexity index is 468. The first kappa shape index (κ1) is 13.5. The average molecular weight is 273 g/mol. The second-order valence-corrected chi connectivity index (χ2v) is 6.14. The number of rotatable bonds is 5. The number of hydrogen-bond acceptors (Lipinski definition) is 2. The Morgan fingerprint density at radius 3 is 2.65 bits per heavy atom. The highest BCUT2D eigenvalue weighted by Crippen LogP contribution is 2.49. The molecular formula is C17H23NO2. The van der Waals surface area contributed by atoms with E-state index < -0.39 is 0 Å². The Hall–Kier alpha value is -1.51. The van der Waals surface area contributed by atoms with Crippen molar-refractivity contribution in [2.24, 2.45) is 17.8 Å². The molecule has 0 saturated heterocycles. The Morgan fingerprint density at radius 2 is 2.05 bits per heavy atom. The van der Waals surface area contributed by atoms with Crippen LogP contribution >= 0.6 is 0 Å². The maximum atomic E-state index is 12.1. The van der Waals surface area contributed by atoms with Crippen LogP contribution in [0.5, 0.6) is 5.75 Å². The number of carbonyl (C=O) groups excluding carboxylic acids is 1. The quantitative estimate of drug-likeness (QED) is 0.885. The summed E-state index contributed by atoms with van der Waals surface area (Å²) in [5.41, 5.74) is 0.863. The molecule has 1 amide bonds. The summed E-state index contributed by atoms with van der Waals surface area (Å²) >= 11 is 0. The van der Waals surface area contributed by atoms with Crippen LogP contribution in [-0.4, -0.2) is 12.5 Å². The van der Waals surface area contributed by atoms with Crippen molar-refractivity contribution in [3.63, 3.8) is 0 Å². The lowest BCUT2D eigenvalue weighted by Gasteiger charge is -2.20. The molecule has 0 unspecified atom stereocenters. The SMILES string of the molecule is CCOc1ccc(NC(=O)C[C@@H]2C[C@H]3CC[C@@H]2C3)cc1. The zero-order valence-corrected chi connectivity index (χ0v) is 12.1. The van der Waals surface area contributed by atoms with Gasteiger partial charge in [0.1, 0.15) is 5.75 Å². The molecule has 0 heterocycles. The molecule has 2 bridgehead atoms. The number of carbonyl (C=O) groups is 1. The number of fused-ring (bicyclic) bond motifs is 2. The fraction of sp³-hybridized carbons (Fsp3) is 0.588. The van der Waals surface area contributed by atoms with Crippen LogP contribution in [0.15, 0.2) is 24.3 Å². The second kappa shape index (κ2) is 5.86. The van der Waals surface area contributed by atoms with Crippen LogP contribution in [0.3, 0.4) is 0 Å². The summed E-state index contributed by atoms with van der Waals surface area (Å²) in [4.78, 5) is 12.1. The molecule has 2 saturated carbocycles. The molecule has 1 N–H and O–H groups in total. The predicted molar refractivity (Wildman–Crippen MR) is 79.8 cm³/mol. The maximum Gasteiger partial charge on any atom is 0.224 e. The van der Waals surface area contributed by atoms with Gasteiger partial charge in [0.2, 0.25) is 5.91 Å². The van der Waals surface area contributed by atoms with Crippen LogP contribution < -0.4 is 10.1 Å². The molecule has 20 heavy (non-hydrogen) atoms. The highest BCUT2D eigenvalue weighted by atomic mass is 16.5. The van der Waals surface area contributed by atoms with Gasteiger partial charge in [-0.05, 0) is 68.2 Å². The molecule has 108 valence electrons. The third-order valence-electron chi connectivity index (χ3n) is 4.78. The normalized spacial score (nSPS) is 27.6. The molecule has 3 atom stereocenters. The molecule has 2 fully saturated rings. The molecule has 0 spiro atoms. The molecular weight excluding hydrogens is 250 g/mol. The minimum absolute atomic E-state index is 0.159. The fourth-order valence-electron chi connectivity index (χ4n) is 3.88. The van der Waals surface area contributed by atoms with Gasteiger partial charge in [0.15, 0.2) is 0 Å². The molecule has 0 radical (unpaired) electrons. The van der Waals surface area contributed by atoms with Crippen molar-refractivity contribution in [2.75, 3.05) is 11.9 Å². The number of anilines is 1. The van der Waals surface area contributed by atoms with Gasteiger partial charge in [0.25, 0.3) is 0 Å². The second-order valence-electron chi connectivity index (χ2n) is 6.14. The molecule has 1 aromatic rings. The highest BCUT2D eigenvalue weighted by molar-refractivity contribution is 5.90. The summed E-state index contributed by atoms with van der Waals surface area (Å²) in [6.07, 6.45) is 6.05. The van der Waals surface area contributed by atoms with E-state index in [1.165, 1.54) is 25.7 Å². The van der Waals surface area contributed by atoms with E-state index in [2.05, 4.69) is 5.32 Å². The number of ether oxygens (including phenoxy) is 1. The van der Waals surface area contributed by atoms with E-state index in [9.17, 15) is 4.79 Å². The zero-order valence-electron chi connectivity index (χ0n) is 12.1. The van der Waals surface area contributed by atoms with E-state index in [0.29, 0.717) is 18.9 Å². The molecule has 3 rings (SSSR count). The minimum atomic E-state index is 0.159. The summed E-state index contributed by atoms with van der Waals surface area (Å²) in [6.45, 7) is 2.63. The molecule has 0 aliphatic heterocycles. The number of benzene rings is 1. The van der Waals surface area contributed by atoms with Crippen molar-refractivity contribution in [2.45, 2.75) is 39.0 Å². The van der Waals surface area contributed by atoms with Gasteiger partial charge < -0.3 is 10.1 Å². The first-order valence-electron chi connectivity index (χ1n) is 7.77. The lowest BCUT2D eigenvalue weighted by atomic mass is 9.86. The summed E-state index contributed by atoms with van der Waals surface area (Å²) in [6, 6.07) is 7.61. The van der Waals surface area contributed by atoms with Gasteiger partial charge in [-0.1, -0.05) is 6.42 Å². The fourth-order valence-corrected chi connectivity index (χ4v) is 3.88. The van der Waals surface area contributed by atoms with Crippen molar-refractivity contribution >= 4 is 11.6 Å². The third-order valence-corrected chi connectivity index (χ3v) is 4.78. The molecule has 2 aliphatic carbocycles. The number of amides is 1. The Kier molecular flexibility index (Phi) is 3.95. The van der Waals surface area contributed by atoms with Gasteiger partial charge >= 0.3 is 0 Å². The first-order chi connectivity index (χ1) is 9.74. The van der Waals surface area contributed by atoms with Crippen molar-refractivity contribution < 1.29 is 9.53 Å². The standard InChI is InChI=1S/C17H23NO2/c1-2-20-16-7-5-15(6-8-16)18-17(19)11-14-10-12-3-4-13(14)9-12/h5-8,12-14H,2-4,9-11H2,1H3,(H,18,19)/t12-,13+,14-/m0/s1. The van der Waals surface area contributed by atoms with E-state index in [0.717, 1.165) is 23.3 Å². The van der Waals surface area contributed by atoms with Crippen LogP contribution in [0.1, 0.15) is 39.0 Å². The van der Waals surface area contributed by atoms with Gasteiger partial charge in [-0.15, -0.1) is 0 Å². The largest absolute Gasteiger partial charge is 0.494 e. The predicted octanol–water partition coefficient (Wildman–Crippen LogP) is 3.85. The maximum absolute atomic E-state index is 12.1. The smallest absolute Gasteiger partial charge is 0.224 e. The van der Waals surface area contributed by atoms with Crippen LogP contribution in [-0.2, 0) is 4.79 Å². The molecule has 3 nitrogen and oxygen atoms in total. The molecule has 1 aromatic carbocycles. The highest BCUT2D eigenvalue weighted by Gasteiger charge is 2.40. The molecule has 0 aromatic heterocycles. The van der Waals surface area contributed by atoms with Crippen molar-refractivity contribution in [3.05, 3.63) is 24.3 Å². The van der Waals surface area contributed by atoms with Crippen molar-refractivity contribution in [3.8, 4) is 5.75 Å². The van der Waals surface area contributed by atoms with Gasteiger partial charge in [0, 0.05) is 12.1 Å². The molecule has 2 aliphatic rings. The van der Waals surface area contributed by atoms with Gasteiger partial charge in [-0.3, -0.25) is 4.79 Å². The first-order valence-corrected chi connectivity index (χ1v) is 7.77. The average Bonchev–Trinajstić information content (AvgIpc) is 3.03. The summed E-state index contributed by atoms with van der Waals surface area (Å²) < 4.78 is 5.39. The van der Waals surface area contributed by atoms with Crippen molar-refractivity contribution in [1.82, 2.24) is 0 Å². The van der Waals surface area contributed by atoms with Crippen LogP contribution in [0.4, 0.5) is 5.69 Å². The minimum Gasteiger partial charge on any atom is -0.494 e. The van der Waals surface area contributed by atoms with E-state index in [4.69, 9.17) is 4.74 Å². The monoisotopic (exact) mass is 273 g/mol. The van der Waals surface area contributed by atoms with Crippen molar-refractivity contribution in [1.29, 1.82) is 0 Å². The Labute approximate surface area is 120 Å². The summed E-state index contributed by atoms with van der Waals surface area (Å²) in [7, 11) is 0. The number of nitrogens with one attached hydrogen (secondary N) is 1. The van der Waals surface area contributed by atoms with Gasteiger partial charge in [-0.25, -0.2) is 0 Å². The van der Waals surface area contributed by atoms with E-state index in [1.54, 1.807) is 0 Å². The van der Waals surface area contributed by atoms with Gasteiger partial charge in [0.05, 0.1) is 6.61 Å². The molecule has 3 heteroatoms. The Balaban J connectivity index is 1.51. The van der Waals surface area contributed by atoms with Crippen LogP contribution in [0.25, 0.3) is 0 Å². The van der Waals surface area contributed by atoms with E-state index in [-0.39, 0.29) is 5.91 Å². The lowest BCUT2D eigenvalue weighted by molar-refractivity contribution is -0.117. The van der Waals surface area contributed by atoms with Gasteiger partial charge in [-0.2, -0.15) is 0 Å². The van der Waals surface area contributed by atoms with Crippen LogP contribution in [0.2, 0.25) is 0 Å². The van der Waals surface area contributed by atoms with E-state index >= 15 is 0 Å².